The largest absolute Gasteiger partial charge is 0.478 e. The van der Waals surface area contributed by atoms with Gasteiger partial charge in [0.25, 0.3) is 0 Å². The van der Waals surface area contributed by atoms with Crippen molar-refractivity contribution in [3.05, 3.63) is 34.4 Å². The van der Waals surface area contributed by atoms with Gasteiger partial charge >= 0.3 is 18.2 Å². The van der Waals surface area contributed by atoms with Crippen LogP contribution in [0.5, 0.6) is 0 Å². The molecule has 2 rings (SSSR count). The first-order valence-electron chi connectivity index (χ1n) is 8.72. The standard InChI is InChI=1S/C19H24F3NO4/c1-11-9-14(15(19(20,21)22)10-13(11)16(24)25)12-5-7-23(8-6-12)17(26)27-18(2,3)4/h9-10,12H,5-8H2,1-4H3,(H,24,25). The van der Waals surface area contributed by atoms with Crippen LogP contribution < -0.4 is 0 Å². The molecule has 8 heteroatoms. The van der Waals surface area contributed by atoms with Crippen LogP contribution >= 0.6 is 0 Å². The molecule has 27 heavy (non-hydrogen) atoms. The predicted molar refractivity (Wildman–Crippen MR) is 92.9 cm³/mol. The number of carbonyl (C=O) groups excluding carboxylic acids is 1. The molecule has 1 aliphatic rings. The van der Waals surface area contributed by atoms with Crippen LogP contribution in [0.15, 0.2) is 12.1 Å². The van der Waals surface area contributed by atoms with Crippen molar-refractivity contribution < 1.29 is 32.6 Å². The number of carbonyl (C=O) groups is 2. The highest BCUT2D eigenvalue weighted by Crippen LogP contribution is 2.40. The van der Waals surface area contributed by atoms with E-state index in [-0.39, 0.29) is 24.2 Å². The van der Waals surface area contributed by atoms with Crippen molar-refractivity contribution in [2.24, 2.45) is 0 Å². The molecule has 1 aromatic carbocycles. The summed E-state index contributed by atoms with van der Waals surface area (Å²) < 4.78 is 45.8. The predicted octanol–water partition coefficient (Wildman–Crippen LogP) is 4.83. The third-order valence-corrected chi connectivity index (χ3v) is 4.52. The second-order valence-corrected chi connectivity index (χ2v) is 7.80. The van der Waals surface area contributed by atoms with Gasteiger partial charge in [-0.1, -0.05) is 6.07 Å². The topological polar surface area (TPSA) is 66.8 Å². The zero-order valence-corrected chi connectivity index (χ0v) is 15.8. The lowest BCUT2D eigenvalue weighted by atomic mass is 9.84. The van der Waals surface area contributed by atoms with Gasteiger partial charge in [-0.2, -0.15) is 13.2 Å². The molecule has 0 aromatic heterocycles. The van der Waals surface area contributed by atoms with E-state index in [1.165, 1.54) is 17.9 Å². The van der Waals surface area contributed by atoms with E-state index in [4.69, 9.17) is 9.84 Å². The molecular formula is C19H24F3NO4. The van der Waals surface area contributed by atoms with Crippen LogP contribution in [0.3, 0.4) is 0 Å². The summed E-state index contributed by atoms with van der Waals surface area (Å²) in [5.41, 5.74) is -1.52. The van der Waals surface area contributed by atoms with Crippen molar-refractivity contribution >= 4 is 12.1 Å². The Kier molecular flexibility index (Phi) is 5.77. The Hall–Kier alpha value is -2.25. The van der Waals surface area contributed by atoms with Crippen LogP contribution in [0.2, 0.25) is 0 Å². The summed E-state index contributed by atoms with van der Waals surface area (Å²) in [5, 5.41) is 9.12. The second-order valence-electron chi connectivity index (χ2n) is 7.80. The Balaban J connectivity index is 2.24. The summed E-state index contributed by atoms with van der Waals surface area (Å²) in [5.74, 6) is -1.79. The Morgan fingerprint density at radius 1 is 1.15 bits per heavy atom. The number of alkyl halides is 3. The smallest absolute Gasteiger partial charge is 0.416 e. The molecule has 1 aromatic rings. The number of amides is 1. The molecule has 0 spiro atoms. The van der Waals surface area contributed by atoms with Gasteiger partial charge in [0.1, 0.15) is 5.60 Å². The van der Waals surface area contributed by atoms with E-state index >= 15 is 0 Å². The fourth-order valence-corrected chi connectivity index (χ4v) is 3.24. The lowest BCUT2D eigenvalue weighted by molar-refractivity contribution is -0.138. The van der Waals surface area contributed by atoms with Gasteiger partial charge in [-0.15, -0.1) is 0 Å². The minimum atomic E-state index is -4.64. The van der Waals surface area contributed by atoms with Crippen molar-refractivity contribution in [3.63, 3.8) is 0 Å². The Morgan fingerprint density at radius 3 is 2.15 bits per heavy atom. The molecular weight excluding hydrogens is 363 g/mol. The summed E-state index contributed by atoms with van der Waals surface area (Å²) in [6.45, 7) is 7.32. The number of hydrogen-bond donors (Lipinski definition) is 1. The highest BCUT2D eigenvalue weighted by molar-refractivity contribution is 5.89. The van der Waals surface area contributed by atoms with Gasteiger partial charge in [0.15, 0.2) is 0 Å². The van der Waals surface area contributed by atoms with Gasteiger partial charge in [0.05, 0.1) is 11.1 Å². The molecule has 1 heterocycles. The van der Waals surface area contributed by atoms with E-state index < -0.39 is 35.3 Å². The van der Waals surface area contributed by atoms with Gasteiger partial charge in [0.2, 0.25) is 0 Å². The third kappa shape index (κ3) is 5.14. The molecule has 0 saturated carbocycles. The maximum absolute atomic E-state index is 13.5. The third-order valence-electron chi connectivity index (χ3n) is 4.52. The van der Waals surface area contributed by atoms with Crippen LogP contribution in [-0.2, 0) is 10.9 Å². The lowest BCUT2D eigenvalue weighted by Gasteiger charge is -2.34. The number of carboxylic acids is 1. The minimum absolute atomic E-state index is 0.0915. The van der Waals surface area contributed by atoms with E-state index in [9.17, 15) is 22.8 Å². The monoisotopic (exact) mass is 387 g/mol. The number of piperidine rings is 1. The van der Waals surface area contributed by atoms with Crippen molar-refractivity contribution in [3.8, 4) is 0 Å². The molecule has 0 radical (unpaired) electrons. The van der Waals surface area contributed by atoms with Gasteiger partial charge in [0, 0.05) is 13.1 Å². The number of rotatable bonds is 2. The number of likely N-dealkylation sites (tertiary alicyclic amines) is 1. The highest BCUT2D eigenvalue weighted by atomic mass is 19.4. The van der Waals surface area contributed by atoms with Gasteiger partial charge in [-0.3, -0.25) is 0 Å². The van der Waals surface area contributed by atoms with Gasteiger partial charge < -0.3 is 14.7 Å². The molecule has 5 nitrogen and oxygen atoms in total. The molecule has 1 saturated heterocycles. The summed E-state index contributed by atoms with van der Waals surface area (Å²) >= 11 is 0. The number of carboxylic acid groups (broad SMARTS) is 1. The van der Waals surface area contributed by atoms with Crippen molar-refractivity contribution in [2.75, 3.05) is 13.1 Å². The first-order valence-corrected chi connectivity index (χ1v) is 8.72. The molecule has 0 unspecified atom stereocenters. The first-order chi connectivity index (χ1) is 12.3. The normalized spacial score (nSPS) is 16.3. The SMILES string of the molecule is Cc1cc(C2CCN(C(=O)OC(C)(C)C)CC2)c(C(F)(F)F)cc1C(=O)O. The fraction of sp³-hybridized carbons (Fsp3) is 0.579. The van der Waals surface area contributed by atoms with E-state index in [1.807, 2.05) is 0 Å². The maximum atomic E-state index is 13.5. The average molecular weight is 387 g/mol. The van der Waals surface area contributed by atoms with Crippen LogP contribution in [0, 0.1) is 6.92 Å². The van der Waals surface area contributed by atoms with E-state index in [1.54, 1.807) is 20.8 Å². The quantitative estimate of drug-likeness (QED) is 0.790. The molecule has 1 amide bonds. The molecule has 1 fully saturated rings. The number of aromatic carboxylic acids is 1. The average Bonchev–Trinajstić information content (AvgIpc) is 2.51. The van der Waals surface area contributed by atoms with Crippen LogP contribution in [0.25, 0.3) is 0 Å². The molecule has 1 N–H and O–H groups in total. The van der Waals surface area contributed by atoms with Crippen molar-refractivity contribution in [1.82, 2.24) is 4.90 Å². The first kappa shape index (κ1) is 21.1. The van der Waals surface area contributed by atoms with E-state index in [0.717, 1.165) is 0 Å². The second kappa shape index (κ2) is 7.40. The molecule has 1 aliphatic heterocycles. The van der Waals surface area contributed by atoms with Gasteiger partial charge in [-0.05, 0) is 63.6 Å². The zero-order chi connectivity index (χ0) is 20.6. The van der Waals surface area contributed by atoms with E-state index in [2.05, 4.69) is 0 Å². The molecule has 0 atom stereocenters. The van der Waals surface area contributed by atoms with E-state index in [0.29, 0.717) is 24.5 Å². The summed E-state index contributed by atoms with van der Waals surface area (Å²) in [7, 11) is 0. The van der Waals surface area contributed by atoms with Crippen molar-refractivity contribution in [2.45, 2.75) is 58.2 Å². The number of halogens is 3. The van der Waals surface area contributed by atoms with Crippen LogP contribution in [-0.4, -0.2) is 40.8 Å². The van der Waals surface area contributed by atoms with Crippen LogP contribution in [0.4, 0.5) is 18.0 Å². The molecule has 0 bridgehead atoms. The number of ether oxygens (including phenoxy) is 1. The van der Waals surface area contributed by atoms with Crippen molar-refractivity contribution in [1.29, 1.82) is 0 Å². The highest BCUT2D eigenvalue weighted by Gasteiger charge is 2.38. The summed E-state index contributed by atoms with van der Waals surface area (Å²) in [6, 6.07) is 2.04. The fourth-order valence-electron chi connectivity index (χ4n) is 3.24. The summed E-state index contributed by atoms with van der Waals surface area (Å²) in [4.78, 5) is 24.8. The maximum Gasteiger partial charge on any atom is 0.416 e. The Labute approximate surface area is 156 Å². The van der Waals surface area contributed by atoms with Gasteiger partial charge in [-0.25, -0.2) is 9.59 Å². The zero-order valence-electron chi connectivity index (χ0n) is 15.8. The Morgan fingerprint density at radius 2 is 1.70 bits per heavy atom. The number of aryl methyl sites for hydroxylation is 1. The number of nitrogens with zero attached hydrogens (tertiary/aromatic N) is 1. The Bertz CT molecular complexity index is 730. The molecule has 0 aliphatic carbocycles. The number of hydrogen-bond acceptors (Lipinski definition) is 3. The summed E-state index contributed by atoms with van der Waals surface area (Å²) in [6.07, 6.45) is -4.41. The molecule has 150 valence electrons. The minimum Gasteiger partial charge on any atom is -0.478 e. The van der Waals surface area contributed by atoms with Crippen LogP contribution in [0.1, 0.15) is 66.6 Å². The lowest BCUT2D eigenvalue weighted by Crippen LogP contribution is -2.41. The number of benzene rings is 1.